The zero-order valence-electron chi connectivity index (χ0n) is 8.97. The summed E-state index contributed by atoms with van der Waals surface area (Å²) in [5.41, 5.74) is 1.14. The number of hydrogen-bond acceptors (Lipinski definition) is 2. The highest BCUT2D eigenvalue weighted by Gasteiger charge is 2.12. The third-order valence-electron chi connectivity index (χ3n) is 2.49. The molecular formula is C13H14N2O. The van der Waals surface area contributed by atoms with Crippen LogP contribution >= 0.6 is 0 Å². The standard InChI is InChI=1S/C13H14N2O/c16-13(12-5-1-2-6-12)15-9-7-11-4-3-8-14-10-11/h1-6,8,10,12H,7,9H2,(H,15,16). The summed E-state index contributed by atoms with van der Waals surface area (Å²) in [5, 5.41) is 2.90. The Bertz CT molecular complexity index is 397. The summed E-state index contributed by atoms with van der Waals surface area (Å²) < 4.78 is 0. The van der Waals surface area contributed by atoms with Gasteiger partial charge in [0.2, 0.25) is 5.91 Å². The van der Waals surface area contributed by atoms with Crippen molar-refractivity contribution in [3.8, 4) is 0 Å². The molecule has 1 amide bonds. The minimum Gasteiger partial charge on any atom is -0.355 e. The first-order valence-electron chi connectivity index (χ1n) is 5.38. The van der Waals surface area contributed by atoms with Crippen LogP contribution in [0.2, 0.25) is 0 Å². The Morgan fingerprint density at radius 2 is 2.19 bits per heavy atom. The second-order valence-corrected chi connectivity index (χ2v) is 3.70. The van der Waals surface area contributed by atoms with Crippen LogP contribution in [0.5, 0.6) is 0 Å². The number of hydrogen-bond donors (Lipinski definition) is 1. The number of aromatic nitrogens is 1. The van der Waals surface area contributed by atoms with Gasteiger partial charge in [0.05, 0.1) is 5.92 Å². The Kier molecular flexibility index (Phi) is 3.49. The second kappa shape index (κ2) is 5.26. The van der Waals surface area contributed by atoms with Gasteiger partial charge < -0.3 is 5.32 Å². The average Bonchev–Trinajstić information content (AvgIpc) is 2.84. The van der Waals surface area contributed by atoms with Gasteiger partial charge in [-0.3, -0.25) is 9.78 Å². The summed E-state index contributed by atoms with van der Waals surface area (Å²) in [6, 6.07) is 3.91. The number of rotatable bonds is 4. The first kappa shape index (κ1) is 10.6. The van der Waals surface area contributed by atoms with E-state index in [2.05, 4.69) is 10.3 Å². The molecule has 3 nitrogen and oxygen atoms in total. The number of carbonyl (C=O) groups excluding carboxylic acids is 1. The first-order chi connectivity index (χ1) is 7.86. The summed E-state index contributed by atoms with van der Waals surface area (Å²) in [6.45, 7) is 0.655. The van der Waals surface area contributed by atoms with Crippen LogP contribution in [-0.2, 0) is 11.2 Å². The molecule has 3 heteroatoms. The molecule has 2 rings (SSSR count). The summed E-state index contributed by atoms with van der Waals surface area (Å²) in [4.78, 5) is 15.6. The van der Waals surface area contributed by atoms with Crippen molar-refractivity contribution in [3.63, 3.8) is 0 Å². The SMILES string of the molecule is O=C(NCCc1cccnc1)C1C=CC=C1. The smallest absolute Gasteiger partial charge is 0.230 e. The van der Waals surface area contributed by atoms with E-state index in [0.717, 1.165) is 12.0 Å². The zero-order valence-corrected chi connectivity index (χ0v) is 8.97. The van der Waals surface area contributed by atoms with E-state index in [4.69, 9.17) is 0 Å². The fraction of sp³-hybridized carbons (Fsp3) is 0.231. The van der Waals surface area contributed by atoms with E-state index in [9.17, 15) is 4.79 Å². The summed E-state index contributed by atoms with van der Waals surface area (Å²) >= 11 is 0. The van der Waals surface area contributed by atoms with Crippen LogP contribution in [0, 0.1) is 5.92 Å². The molecule has 1 N–H and O–H groups in total. The van der Waals surface area contributed by atoms with Gasteiger partial charge in [-0.05, 0) is 18.1 Å². The lowest BCUT2D eigenvalue weighted by Crippen LogP contribution is -2.30. The van der Waals surface area contributed by atoms with E-state index in [0.29, 0.717) is 6.54 Å². The van der Waals surface area contributed by atoms with Crippen LogP contribution in [0.25, 0.3) is 0 Å². The Hall–Kier alpha value is -1.90. The molecule has 16 heavy (non-hydrogen) atoms. The maximum Gasteiger partial charge on any atom is 0.230 e. The molecule has 1 aromatic rings. The van der Waals surface area contributed by atoms with Gasteiger partial charge >= 0.3 is 0 Å². The van der Waals surface area contributed by atoms with Crippen LogP contribution in [0.15, 0.2) is 48.8 Å². The number of allylic oxidation sites excluding steroid dienone is 2. The van der Waals surface area contributed by atoms with E-state index < -0.39 is 0 Å². The van der Waals surface area contributed by atoms with E-state index >= 15 is 0 Å². The molecule has 0 unspecified atom stereocenters. The lowest BCUT2D eigenvalue weighted by Gasteiger charge is -2.07. The van der Waals surface area contributed by atoms with Gasteiger partial charge in [0.1, 0.15) is 0 Å². The number of amides is 1. The topological polar surface area (TPSA) is 42.0 Å². The maximum atomic E-state index is 11.6. The second-order valence-electron chi connectivity index (χ2n) is 3.70. The minimum atomic E-state index is -0.0890. The van der Waals surface area contributed by atoms with E-state index in [-0.39, 0.29) is 11.8 Å². The van der Waals surface area contributed by atoms with Crippen molar-refractivity contribution in [1.29, 1.82) is 0 Å². The lowest BCUT2D eigenvalue weighted by atomic mass is 10.1. The molecule has 0 aliphatic heterocycles. The van der Waals surface area contributed by atoms with Gasteiger partial charge in [0.25, 0.3) is 0 Å². The molecule has 0 fully saturated rings. The number of nitrogens with one attached hydrogen (secondary N) is 1. The molecular weight excluding hydrogens is 200 g/mol. The summed E-state index contributed by atoms with van der Waals surface area (Å²) in [7, 11) is 0. The van der Waals surface area contributed by atoms with Gasteiger partial charge in [-0.25, -0.2) is 0 Å². The third kappa shape index (κ3) is 2.79. The molecule has 0 bridgehead atoms. The van der Waals surface area contributed by atoms with Crippen molar-refractivity contribution in [2.45, 2.75) is 6.42 Å². The van der Waals surface area contributed by atoms with Crippen LogP contribution in [0.4, 0.5) is 0 Å². The largest absolute Gasteiger partial charge is 0.355 e. The van der Waals surface area contributed by atoms with Crippen LogP contribution < -0.4 is 5.32 Å². The fourth-order valence-electron chi connectivity index (χ4n) is 1.60. The van der Waals surface area contributed by atoms with Gasteiger partial charge in [-0.2, -0.15) is 0 Å². The van der Waals surface area contributed by atoms with Crippen molar-refractivity contribution in [1.82, 2.24) is 10.3 Å². The van der Waals surface area contributed by atoms with Gasteiger partial charge in [-0.1, -0.05) is 30.4 Å². The number of pyridine rings is 1. The van der Waals surface area contributed by atoms with Crippen molar-refractivity contribution < 1.29 is 4.79 Å². The van der Waals surface area contributed by atoms with Crippen molar-refractivity contribution in [2.24, 2.45) is 5.92 Å². The van der Waals surface area contributed by atoms with E-state index in [1.54, 1.807) is 6.20 Å². The molecule has 0 saturated heterocycles. The molecule has 0 aromatic carbocycles. The third-order valence-corrected chi connectivity index (χ3v) is 2.49. The number of carbonyl (C=O) groups is 1. The van der Waals surface area contributed by atoms with Gasteiger partial charge in [0, 0.05) is 18.9 Å². The highest BCUT2D eigenvalue weighted by atomic mass is 16.1. The average molecular weight is 214 g/mol. The van der Waals surface area contributed by atoms with Crippen LogP contribution in [0.1, 0.15) is 5.56 Å². The quantitative estimate of drug-likeness (QED) is 0.825. The molecule has 0 saturated carbocycles. The highest BCUT2D eigenvalue weighted by Crippen LogP contribution is 2.08. The molecule has 1 heterocycles. The number of nitrogens with zero attached hydrogens (tertiary/aromatic N) is 1. The summed E-state index contributed by atoms with van der Waals surface area (Å²) in [6.07, 6.45) is 12.0. The Balaban J connectivity index is 1.74. The van der Waals surface area contributed by atoms with Crippen molar-refractivity contribution >= 4 is 5.91 Å². The fourth-order valence-corrected chi connectivity index (χ4v) is 1.60. The van der Waals surface area contributed by atoms with E-state index in [1.165, 1.54) is 0 Å². The maximum absolute atomic E-state index is 11.6. The summed E-state index contributed by atoms with van der Waals surface area (Å²) in [5.74, 6) is -0.0252. The Morgan fingerprint density at radius 1 is 1.38 bits per heavy atom. The first-order valence-corrected chi connectivity index (χ1v) is 5.38. The Labute approximate surface area is 94.9 Å². The van der Waals surface area contributed by atoms with Crippen LogP contribution in [-0.4, -0.2) is 17.4 Å². The van der Waals surface area contributed by atoms with Gasteiger partial charge in [-0.15, -0.1) is 0 Å². The minimum absolute atomic E-state index is 0.0638. The molecule has 1 aliphatic carbocycles. The molecule has 0 radical (unpaired) electrons. The van der Waals surface area contributed by atoms with Crippen molar-refractivity contribution in [3.05, 3.63) is 54.4 Å². The van der Waals surface area contributed by atoms with Crippen LogP contribution in [0.3, 0.4) is 0 Å². The Morgan fingerprint density at radius 3 is 2.88 bits per heavy atom. The van der Waals surface area contributed by atoms with Crippen molar-refractivity contribution in [2.75, 3.05) is 6.54 Å². The predicted molar refractivity (Wildman–Crippen MR) is 62.7 cm³/mol. The normalized spacial score (nSPS) is 14.2. The molecule has 0 atom stereocenters. The molecule has 0 spiro atoms. The predicted octanol–water partition coefficient (Wildman–Crippen LogP) is 1.48. The zero-order chi connectivity index (χ0) is 11.2. The van der Waals surface area contributed by atoms with E-state index in [1.807, 2.05) is 42.6 Å². The molecule has 82 valence electrons. The highest BCUT2D eigenvalue weighted by molar-refractivity contribution is 5.83. The monoisotopic (exact) mass is 214 g/mol. The van der Waals surface area contributed by atoms with Gasteiger partial charge in [0.15, 0.2) is 0 Å². The lowest BCUT2D eigenvalue weighted by molar-refractivity contribution is -0.122. The molecule has 1 aromatic heterocycles. The molecule has 1 aliphatic rings.